The Kier molecular flexibility index (Phi) is 4.51. The van der Waals surface area contributed by atoms with Crippen LogP contribution in [0.5, 0.6) is 0 Å². The van der Waals surface area contributed by atoms with Gasteiger partial charge in [0.2, 0.25) is 0 Å². The van der Waals surface area contributed by atoms with E-state index in [2.05, 4.69) is 15.0 Å². The van der Waals surface area contributed by atoms with Gasteiger partial charge in [0.1, 0.15) is 11.0 Å². The molecule has 0 saturated heterocycles. The van der Waals surface area contributed by atoms with Crippen molar-refractivity contribution in [1.82, 2.24) is 9.88 Å². The molecule has 0 saturated carbocycles. The summed E-state index contributed by atoms with van der Waals surface area (Å²) in [7, 11) is 3.94. The zero-order chi connectivity index (χ0) is 11.3. The van der Waals surface area contributed by atoms with Crippen molar-refractivity contribution in [2.45, 2.75) is 12.6 Å². The standard InChI is InChI=1S/C8H13N5OS/c1-13(2)4-6-3-10-8(15-6)7(5-14)11-12-9/h3,7,14H,4-5H2,1-2H3. The second-order valence-corrected chi connectivity index (χ2v) is 4.45. The molecule has 0 radical (unpaired) electrons. The van der Waals surface area contributed by atoms with Crippen molar-refractivity contribution in [3.8, 4) is 0 Å². The summed E-state index contributed by atoms with van der Waals surface area (Å²) in [6.07, 6.45) is 1.75. The summed E-state index contributed by atoms with van der Waals surface area (Å²) in [6, 6.07) is -0.559. The maximum Gasteiger partial charge on any atom is 0.112 e. The Bertz CT molecular complexity index is 358. The number of hydrogen-bond donors (Lipinski definition) is 1. The van der Waals surface area contributed by atoms with Crippen molar-refractivity contribution < 1.29 is 5.11 Å². The van der Waals surface area contributed by atoms with Gasteiger partial charge in [0.25, 0.3) is 0 Å². The molecule has 0 bridgehead atoms. The van der Waals surface area contributed by atoms with Crippen molar-refractivity contribution in [3.63, 3.8) is 0 Å². The van der Waals surface area contributed by atoms with Crippen LogP contribution in [-0.2, 0) is 6.54 Å². The van der Waals surface area contributed by atoms with Gasteiger partial charge in [-0.3, -0.25) is 0 Å². The van der Waals surface area contributed by atoms with E-state index in [0.717, 1.165) is 11.4 Å². The lowest BCUT2D eigenvalue weighted by Crippen LogP contribution is -2.09. The van der Waals surface area contributed by atoms with Gasteiger partial charge in [-0.2, -0.15) is 0 Å². The molecule has 1 aromatic rings. The highest BCUT2D eigenvalue weighted by Gasteiger charge is 2.12. The van der Waals surface area contributed by atoms with Crippen molar-refractivity contribution in [1.29, 1.82) is 0 Å². The molecule has 6 nitrogen and oxygen atoms in total. The summed E-state index contributed by atoms with van der Waals surface area (Å²) in [5, 5.41) is 13.1. The second-order valence-electron chi connectivity index (χ2n) is 3.31. The molecular formula is C8H13N5OS. The van der Waals surface area contributed by atoms with Crippen molar-refractivity contribution in [2.75, 3.05) is 20.7 Å². The molecule has 1 rings (SSSR count). The third-order valence-corrected chi connectivity index (χ3v) is 2.78. The normalized spacial score (nSPS) is 12.5. The molecule has 0 spiro atoms. The number of nitrogens with zero attached hydrogens (tertiary/aromatic N) is 5. The van der Waals surface area contributed by atoms with Gasteiger partial charge in [-0.25, -0.2) is 4.98 Å². The van der Waals surface area contributed by atoms with E-state index in [-0.39, 0.29) is 6.61 Å². The molecule has 0 fully saturated rings. The summed E-state index contributed by atoms with van der Waals surface area (Å²) in [6.45, 7) is 0.588. The number of aliphatic hydroxyl groups is 1. The Balaban J connectivity index is 2.77. The highest BCUT2D eigenvalue weighted by Crippen LogP contribution is 2.23. The number of aliphatic hydroxyl groups excluding tert-OH is 1. The number of thiazole rings is 1. The molecule has 1 aromatic heterocycles. The summed E-state index contributed by atoms with van der Waals surface area (Å²) in [4.78, 5) is 9.91. The number of azide groups is 1. The summed E-state index contributed by atoms with van der Waals surface area (Å²) in [5.41, 5.74) is 8.30. The first-order valence-electron chi connectivity index (χ1n) is 4.41. The highest BCUT2D eigenvalue weighted by atomic mass is 32.1. The fourth-order valence-corrected chi connectivity index (χ4v) is 2.15. The maximum atomic E-state index is 8.99. The Hall–Kier alpha value is -1.14. The summed E-state index contributed by atoms with van der Waals surface area (Å²) in [5.74, 6) is 0. The van der Waals surface area contributed by atoms with E-state index in [4.69, 9.17) is 10.6 Å². The van der Waals surface area contributed by atoms with Crippen LogP contribution in [0.25, 0.3) is 10.4 Å². The van der Waals surface area contributed by atoms with Crippen LogP contribution in [0.15, 0.2) is 11.3 Å². The lowest BCUT2D eigenvalue weighted by molar-refractivity contribution is 0.267. The van der Waals surface area contributed by atoms with Crippen LogP contribution in [-0.4, -0.2) is 35.7 Å². The van der Waals surface area contributed by atoms with Crippen LogP contribution in [0.1, 0.15) is 15.9 Å². The molecule has 15 heavy (non-hydrogen) atoms. The van der Waals surface area contributed by atoms with Gasteiger partial charge >= 0.3 is 0 Å². The molecular weight excluding hydrogens is 214 g/mol. The van der Waals surface area contributed by atoms with Crippen LogP contribution in [0.3, 0.4) is 0 Å². The topological polar surface area (TPSA) is 85.1 Å². The molecule has 0 aliphatic carbocycles. The molecule has 82 valence electrons. The van der Waals surface area contributed by atoms with Crippen molar-refractivity contribution >= 4 is 11.3 Å². The van der Waals surface area contributed by atoms with Gasteiger partial charge in [0, 0.05) is 22.5 Å². The number of rotatable bonds is 5. The van der Waals surface area contributed by atoms with Gasteiger partial charge in [-0.1, -0.05) is 5.11 Å². The molecule has 1 heterocycles. The van der Waals surface area contributed by atoms with Crippen LogP contribution in [0.2, 0.25) is 0 Å². The SMILES string of the molecule is CN(C)Cc1cnc(C(CO)N=[N+]=[N-])s1. The molecule has 1 atom stereocenters. The van der Waals surface area contributed by atoms with E-state index in [1.807, 2.05) is 19.0 Å². The Morgan fingerprint density at radius 3 is 3.00 bits per heavy atom. The molecule has 0 aromatic carbocycles. The lowest BCUT2D eigenvalue weighted by Gasteiger charge is -2.05. The van der Waals surface area contributed by atoms with E-state index >= 15 is 0 Å². The predicted molar refractivity (Wildman–Crippen MR) is 58.5 cm³/mol. The Morgan fingerprint density at radius 1 is 1.73 bits per heavy atom. The molecule has 1 N–H and O–H groups in total. The molecule has 0 amide bonds. The van der Waals surface area contributed by atoms with Crippen LogP contribution in [0, 0.1) is 0 Å². The first kappa shape index (κ1) is 11.9. The highest BCUT2D eigenvalue weighted by molar-refractivity contribution is 7.11. The quantitative estimate of drug-likeness (QED) is 0.470. The van der Waals surface area contributed by atoms with E-state index in [1.165, 1.54) is 11.3 Å². The van der Waals surface area contributed by atoms with Crippen LogP contribution >= 0.6 is 11.3 Å². The molecule has 1 unspecified atom stereocenters. The first-order valence-corrected chi connectivity index (χ1v) is 5.23. The average molecular weight is 227 g/mol. The van der Waals surface area contributed by atoms with Crippen molar-refractivity contribution in [2.24, 2.45) is 5.11 Å². The minimum Gasteiger partial charge on any atom is -0.396 e. The second kappa shape index (κ2) is 5.67. The van der Waals surface area contributed by atoms with Gasteiger partial charge in [0.05, 0.1) is 6.61 Å². The van der Waals surface area contributed by atoms with E-state index in [0.29, 0.717) is 5.01 Å². The predicted octanol–water partition coefficient (Wildman–Crippen LogP) is 1.55. The van der Waals surface area contributed by atoms with E-state index < -0.39 is 6.04 Å². The largest absolute Gasteiger partial charge is 0.396 e. The Labute approximate surface area is 91.8 Å². The van der Waals surface area contributed by atoms with Gasteiger partial charge in [0.15, 0.2) is 0 Å². The summed E-state index contributed by atoms with van der Waals surface area (Å²) >= 11 is 1.46. The van der Waals surface area contributed by atoms with Gasteiger partial charge < -0.3 is 10.0 Å². The first-order chi connectivity index (χ1) is 7.17. The smallest absolute Gasteiger partial charge is 0.112 e. The van der Waals surface area contributed by atoms with Gasteiger partial charge in [-0.15, -0.1) is 11.3 Å². The van der Waals surface area contributed by atoms with E-state index in [1.54, 1.807) is 6.20 Å². The van der Waals surface area contributed by atoms with Crippen molar-refractivity contribution in [3.05, 3.63) is 26.5 Å². The average Bonchev–Trinajstić information content (AvgIpc) is 2.61. The number of hydrogen-bond acceptors (Lipinski definition) is 5. The van der Waals surface area contributed by atoms with Crippen LogP contribution in [0.4, 0.5) is 0 Å². The third-order valence-electron chi connectivity index (χ3n) is 1.69. The third kappa shape index (κ3) is 3.49. The zero-order valence-electron chi connectivity index (χ0n) is 8.66. The minimum absolute atomic E-state index is 0.209. The summed E-state index contributed by atoms with van der Waals surface area (Å²) < 4.78 is 0. The number of aromatic nitrogens is 1. The van der Waals surface area contributed by atoms with E-state index in [9.17, 15) is 0 Å². The fraction of sp³-hybridized carbons (Fsp3) is 0.625. The fourth-order valence-electron chi connectivity index (χ4n) is 1.09. The molecule has 0 aliphatic heterocycles. The molecule has 0 aliphatic rings. The monoisotopic (exact) mass is 227 g/mol. The van der Waals surface area contributed by atoms with Gasteiger partial charge in [-0.05, 0) is 19.6 Å². The Morgan fingerprint density at radius 2 is 2.47 bits per heavy atom. The maximum absolute atomic E-state index is 8.99. The minimum atomic E-state index is -0.559. The molecule has 7 heteroatoms. The lowest BCUT2D eigenvalue weighted by atomic mass is 10.3. The van der Waals surface area contributed by atoms with Crippen LogP contribution < -0.4 is 0 Å². The zero-order valence-corrected chi connectivity index (χ0v) is 9.48.